The minimum atomic E-state index is -0.0123. The summed E-state index contributed by atoms with van der Waals surface area (Å²) in [6.45, 7) is 7.87. The van der Waals surface area contributed by atoms with E-state index in [1.165, 1.54) is 0 Å². The van der Waals surface area contributed by atoms with Crippen molar-refractivity contribution in [1.29, 1.82) is 0 Å². The monoisotopic (exact) mass is 347 g/mol. The predicted octanol–water partition coefficient (Wildman–Crippen LogP) is 1.88. The molecule has 0 aromatic carbocycles. The van der Waals surface area contributed by atoms with Crippen LogP contribution in [0.3, 0.4) is 0 Å². The van der Waals surface area contributed by atoms with Crippen LogP contribution >= 0.6 is 0 Å². The molecule has 0 aliphatic carbocycles. The van der Waals surface area contributed by atoms with Crippen molar-refractivity contribution in [1.82, 2.24) is 19.6 Å². The molecule has 2 aliphatic rings. The van der Waals surface area contributed by atoms with Gasteiger partial charge in [0.05, 0.1) is 12.7 Å². The van der Waals surface area contributed by atoms with Crippen molar-refractivity contribution in [2.45, 2.75) is 64.6 Å². The number of likely N-dealkylation sites (tertiary alicyclic amines) is 2. The molecular formula is C18H29N5O2. The van der Waals surface area contributed by atoms with Crippen LogP contribution in [0.15, 0.2) is 12.3 Å². The van der Waals surface area contributed by atoms with E-state index < -0.39 is 0 Å². The normalized spacial score (nSPS) is 24.2. The summed E-state index contributed by atoms with van der Waals surface area (Å²) in [6.07, 6.45) is 5.96. The molecule has 2 fully saturated rings. The fourth-order valence-electron chi connectivity index (χ4n) is 4.26. The summed E-state index contributed by atoms with van der Waals surface area (Å²) in [6, 6.07) is 2.59. The van der Waals surface area contributed by atoms with Gasteiger partial charge in [0.1, 0.15) is 5.82 Å². The van der Waals surface area contributed by atoms with Gasteiger partial charge in [-0.25, -0.2) is 4.68 Å². The first-order valence-electron chi connectivity index (χ1n) is 9.32. The lowest BCUT2D eigenvalue weighted by atomic mass is 10.0. The first-order valence-corrected chi connectivity index (χ1v) is 9.32. The van der Waals surface area contributed by atoms with Crippen LogP contribution in [0, 0.1) is 0 Å². The Morgan fingerprint density at radius 2 is 1.96 bits per heavy atom. The molecule has 0 bridgehead atoms. The number of hydrogen-bond donors (Lipinski definition) is 1. The zero-order chi connectivity index (χ0) is 18.0. The van der Waals surface area contributed by atoms with Gasteiger partial charge >= 0.3 is 0 Å². The SMILES string of the molecule is CC(=O)N1CCC[C@@H]1[C@@H]1CCCN1CC(=O)Nc1ccnn1C(C)C. The van der Waals surface area contributed by atoms with Gasteiger partial charge in [-0.15, -0.1) is 0 Å². The van der Waals surface area contributed by atoms with E-state index in [1.54, 1.807) is 13.1 Å². The van der Waals surface area contributed by atoms with Crippen molar-refractivity contribution < 1.29 is 9.59 Å². The highest BCUT2D eigenvalue weighted by atomic mass is 16.2. The lowest BCUT2D eigenvalue weighted by Gasteiger charge is -2.34. The molecule has 0 unspecified atom stereocenters. The second-order valence-corrected chi connectivity index (χ2v) is 7.40. The average molecular weight is 347 g/mol. The Balaban J connectivity index is 1.62. The number of aromatic nitrogens is 2. The number of carbonyl (C=O) groups is 2. The zero-order valence-corrected chi connectivity index (χ0v) is 15.4. The minimum absolute atomic E-state index is 0.0123. The molecule has 1 N–H and O–H groups in total. The molecule has 3 rings (SSSR count). The number of anilines is 1. The third-order valence-electron chi connectivity index (χ3n) is 5.34. The van der Waals surface area contributed by atoms with E-state index in [0.717, 1.165) is 44.6 Å². The third-order valence-corrected chi connectivity index (χ3v) is 5.34. The van der Waals surface area contributed by atoms with E-state index in [-0.39, 0.29) is 23.9 Å². The van der Waals surface area contributed by atoms with E-state index in [9.17, 15) is 9.59 Å². The Labute approximate surface area is 149 Å². The summed E-state index contributed by atoms with van der Waals surface area (Å²) in [5.74, 6) is 0.878. The molecule has 2 atom stereocenters. The highest BCUT2D eigenvalue weighted by molar-refractivity contribution is 5.91. The maximum atomic E-state index is 12.5. The van der Waals surface area contributed by atoms with Crippen LogP contribution in [0.4, 0.5) is 5.82 Å². The van der Waals surface area contributed by atoms with Gasteiger partial charge in [-0.2, -0.15) is 5.10 Å². The van der Waals surface area contributed by atoms with Crippen LogP contribution in [0.2, 0.25) is 0 Å². The van der Waals surface area contributed by atoms with Gasteiger partial charge < -0.3 is 10.2 Å². The summed E-state index contributed by atoms with van der Waals surface area (Å²) in [5.41, 5.74) is 0. The molecular weight excluding hydrogens is 318 g/mol. The molecule has 2 amide bonds. The molecule has 7 nitrogen and oxygen atoms in total. The Morgan fingerprint density at radius 1 is 1.24 bits per heavy atom. The van der Waals surface area contributed by atoms with Gasteiger partial charge in [0.2, 0.25) is 11.8 Å². The van der Waals surface area contributed by atoms with Crippen LogP contribution in [-0.4, -0.2) is 63.1 Å². The van der Waals surface area contributed by atoms with Gasteiger partial charge in [-0.05, 0) is 46.1 Å². The highest BCUT2D eigenvalue weighted by Crippen LogP contribution is 2.30. The third kappa shape index (κ3) is 3.86. The minimum Gasteiger partial charge on any atom is -0.338 e. The molecule has 1 aromatic rings. The second kappa shape index (κ2) is 7.56. The molecule has 2 saturated heterocycles. The quantitative estimate of drug-likeness (QED) is 0.883. The molecule has 25 heavy (non-hydrogen) atoms. The summed E-state index contributed by atoms with van der Waals surface area (Å²) in [5, 5.41) is 7.24. The number of nitrogens with zero attached hydrogens (tertiary/aromatic N) is 4. The van der Waals surface area contributed by atoms with Gasteiger partial charge in [-0.3, -0.25) is 14.5 Å². The van der Waals surface area contributed by atoms with Crippen molar-refractivity contribution >= 4 is 17.6 Å². The number of amides is 2. The van der Waals surface area contributed by atoms with Crippen molar-refractivity contribution in [3.63, 3.8) is 0 Å². The van der Waals surface area contributed by atoms with Gasteiger partial charge in [-0.1, -0.05) is 0 Å². The largest absolute Gasteiger partial charge is 0.338 e. The molecule has 0 spiro atoms. The van der Waals surface area contributed by atoms with E-state index in [0.29, 0.717) is 12.6 Å². The van der Waals surface area contributed by atoms with Crippen molar-refractivity contribution in [2.75, 3.05) is 25.0 Å². The van der Waals surface area contributed by atoms with Gasteiger partial charge in [0, 0.05) is 37.7 Å². The maximum Gasteiger partial charge on any atom is 0.239 e. The van der Waals surface area contributed by atoms with Crippen LogP contribution in [0.5, 0.6) is 0 Å². The van der Waals surface area contributed by atoms with Crippen molar-refractivity contribution in [3.05, 3.63) is 12.3 Å². The van der Waals surface area contributed by atoms with Crippen LogP contribution < -0.4 is 5.32 Å². The van der Waals surface area contributed by atoms with Crippen LogP contribution in [-0.2, 0) is 9.59 Å². The fraction of sp³-hybridized carbons (Fsp3) is 0.722. The maximum absolute atomic E-state index is 12.5. The first kappa shape index (κ1) is 17.9. The number of hydrogen-bond acceptors (Lipinski definition) is 4. The Bertz CT molecular complexity index is 627. The smallest absolute Gasteiger partial charge is 0.239 e. The molecule has 3 heterocycles. The topological polar surface area (TPSA) is 70.5 Å². The predicted molar refractivity (Wildman–Crippen MR) is 96.2 cm³/mol. The number of rotatable bonds is 5. The fourth-order valence-corrected chi connectivity index (χ4v) is 4.26. The summed E-state index contributed by atoms with van der Waals surface area (Å²) >= 11 is 0. The summed E-state index contributed by atoms with van der Waals surface area (Å²) in [4.78, 5) is 28.7. The van der Waals surface area contributed by atoms with E-state index in [4.69, 9.17) is 0 Å². The molecule has 2 aliphatic heterocycles. The lowest BCUT2D eigenvalue weighted by molar-refractivity contribution is -0.130. The molecule has 138 valence electrons. The lowest BCUT2D eigenvalue weighted by Crippen LogP contribution is -2.49. The molecule has 0 radical (unpaired) electrons. The Kier molecular flexibility index (Phi) is 5.42. The van der Waals surface area contributed by atoms with Gasteiger partial charge in [0.15, 0.2) is 0 Å². The van der Waals surface area contributed by atoms with Crippen molar-refractivity contribution in [2.24, 2.45) is 0 Å². The molecule has 1 aromatic heterocycles. The van der Waals surface area contributed by atoms with E-state index in [2.05, 4.69) is 15.3 Å². The number of nitrogens with one attached hydrogen (secondary N) is 1. The van der Waals surface area contributed by atoms with E-state index >= 15 is 0 Å². The highest BCUT2D eigenvalue weighted by Gasteiger charge is 2.39. The van der Waals surface area contributed by atoms with E-state index in [1.807, 2.05) is 29.5 Å². The summed E-state index contributed by atoms with van der Waals surface area (Å²) in [7, 11) is 0. The molecule has 0 saturated carbocycles. The Morgan fingerprint density at radius 3 is 2.68 bits per heavy atom. The summed E-state index contributed by atoms with van der Waals surface area (Å²) < 4.78 is 1.81. The Hall–Kier alpha value is -1.89. The van der Waals surface area contributed by atoms with Crippen LogP contribution in [0.25, 0.3) is 0 Å². The number of carbonyl (C=O) groups excluding carboxylic acids is 2. The second-order valence-electron chi connectivity index (χ2n) is 7.40. The van der Waals surface area contributed by atoms with Crippen molar-refractivity contribution in [3.8, 4) is 0 Å². The van der Waals surface area contributed by atoms with Crippen LogP contribution in [0.1, 0.15) is 52.5 Å². The zero-order valence-electron chi connectivity index (χ0n) is 15.4. The molecule has 7 heteroatoms. The standard InChI is InChI=1S/C18H29N5O2/c1-13(2)23-17(8-9-19-23)20-18(25)12-21-10-4-6-15(21)16-7-5-11-22(16)14(3)24/h8-9,13,15-16H,4-7,10-12H2,1-3H3,(H,20,25)/t15-,16+/m0/s1. The first-order chi connectivity index (χ1) is 12.0. The average Bonchev–Trinajstić information content (AvgIpc) is 3.25. The van der Waals surface area contributed by atoms with Gasteiger partial charge in [0.25, 0.3) is 0 Å².